The number of ether oxygens (including phenoxy) is 1. The van der Waals surface area contributed by atoms with Gasteiger partial charge in [-0.25, -0.2) is 16.8 Å². The molecule has 0 aliphatic carbocycles. The van der Waals surface area contributed by atoms with E-state index in [9.17, 15) is 21.6 Å². The Morgan fingerprint density at radius 2 is 1.33 bits per heavy atom. The van der Waals surface area contributed by atoms with E-state index in [1.165, 1.54) is 47.8 Å². The highest BCUT2D eigenvalue weighted by Crippen LogP contribution is 2.26. The minimum Gasteiger partial charge on any atom is -0.497 e. The summed E-state index contributed by atoms with van der Waals surface area (Å²) < 4.78 is 59.6. The molecule has 3 aromatic rings. The average molecular weight is 532 g/mol. The number of benzene rings is 3. The van der Waals surface area contributed by atoms with Gasteiger partial charge >= 0.3 is 0 Å². The standard InChI is InChI=1S/C25H29N3O6S2/c1-4-27(5-2)35(30,31)24-17-11-20(12-18-24)26-25(29)19-28(21-13-15-22(34-3)16-14-21)36(32,33)23-9-7-6-8-10-23/h6-18H,4-5,19H2,1-3H3,(H,26,29). The smallest absolute Gasteiger partial charge is 0.264 e. The molecule has 0 aromatic heterocycles. The molecule has 36 heavy (non-hydrogen) atoms. The number of hydrogen-bond donors (Lipinski definition) is 1. The summed E-state index contributed by atoms with van der Waals surface area (Å²) in [5, 5.41) is 2.65. The molecule has 11 heteroatoms. The van der Waals surface area contributed by atoms with Crippen molar-refractivity contribution < 1.29 is 26.4 Å². The third-order valence-electron chi connectivity index (χ3n) is 5.46. The van der Waals surface area contributed by atoms with Gasteiger partial charge in [0.1, 0.15) is 12.3 Å². The lowest BCUT2D eigenvalue weighted by Crippen LogP contribution is -2.38. The van der Waals surface area contributed by atoms with E-state index >= 15 is 0 Å². The van der Waals surface area contributed by atoms with E-state index in [0.29, 0.717) is 24.5 Å². The molecule has 192 valence electrons. The first-order valence-electron chi connectivity index (χ1n) is 11.3. The molecule has 0 aliphatic rings. The van der Waals surface area contributed by atoms with E-state index in [0.717, 1.165) is 4.31 Å². The predicted molar refractivity (Wildman–Crippen MR) is 139 cm³/mol. The maximum Gasteiger partial charge on any atom is 0.264 e. The summed E-state index contributed by atoms with van der Waals surface area (Å²) in [5.74, 6) is -0.0512. The van der Waals surface area contributed by atoms with Crippen LogP contribution in [-0.2, 0) is 24.8 Å². The van der Waals surface area contributed by atoms with Crippen LogP contribution in [-0.4, -0.2) is 53.8 Å². The van der Waals surface area contributed by atoms with Gasteiger partial charge in [-0.05, 0) is 60.7 Å². The Kier molecular flexibility index (Phi) is 8.72. The highest BCUT2D eigenvalue weighted by atomic mass is 32.2. The first-order valence-corrected chi connectivity index (χ1v) is 14.1. The van der Waals surface area contributed by atoms with Gasteiger partial charge in [-0.3, -0.25) is 9.10 Å². The summed E-state index contributed by atoms with van der Waals surface area (Å²) in [6, 6.07) is 19.9. The topological polar surface area (TPSA) is 113 Å². The minimum atomic E-state index is -4.06. The van der Waals surface area contributed by atoms with E-state index in [4.69, 9.17) is 4.74 Å². The predicted octanol–water partition coefficient (Wildman–Crippen LogP) is 3.56. The fraction of sp³-hybridized carbons (Fsp3) is 0.240. The second kappa shape index (κ2) is 11.5. The monoisotopic (exact) mass is 531 g/mol. The molecule has 0 spiro atoms. The van der Waals surface area contributed by atoms with Crippen LogP contribution in [0.1, 0.15) is 13.8 Å². The lowest BCUT2D eigenvalue weighted by molar-refractivity contribution is -0.114. The molecule has 0 aliphatic heterocycles. The van der Waals surface area contributed by atoms with Crippen molar-refractivity contribution in [2.45, 2.75) is 23.6 Å². The number of nitrogens with zero attached hydrogens (tertiary/aromatic N) is 2. The van der Waals surface area contributed by atoms with Gasteiger partial charge in [-0.1, -0.05) is 32.0 Å². The van der Waals surface area contributed by atoms with E-state index < -0.39 is 32.5 Å². The maximum absolute atomic E-state index is 13.4. The van der Waals surface area contributed by atoms with Crippen LogP contribution in [0.3, 0.4) is 0 Å². The van der Waals surface area contributed by atoms with Gasteiger partial charge in [-0.15, -0.1) is 0 Å². The van der Waals surface area contributed by atoms with Crippen LogP contribution in [0.25, 0.3) is 0 Å². The molecule has 9 nitrogen and oxygen atoms in total. The van der Waals surface area contributed by atoms with Gasteiger partial charge < -0.3 is 10.1 Å². The van der Waals surface area contributed by atoms with E-state index in [2.05, 4.69) is 5.32 Å². The highest BCUT2D eigenvalue weighted by molar-refractivity contribution is 7.92. The number of rotatable bonds is 11. The van der Waals surface area contributed by atoms with Crippen molar-refractivity contribution in [3.63, 3.8) is 0 Å². The van der Waals surface area contributed by atoms with Gasteiger partial charge in [0.25, 0.3) is 10.0 Å². The number of anilines is 2. The maximum atomic E-state index is 13.4. The minimum absolute atomic E-state index is 0.0413. The third-order valence-corrected chi connectivity index (χ3v) is 9.31. The largest absolute Gasteiger partial charge is 0.497 e. The van der Waals surface area contributed by atoms with E-state index in [1.54, 1.807) is 56.3 Å². The summed E-state index contributed by atoms with van der Waals surface area (Å²) in [6.07, 6.45) is 0. The molecule has 0 fully saturated rings. The molecule has 0 atom stereocenters. The number of nitrogens with one attached hydrogen (secondary N) is 1. The molecule has 3 aromatic carbocycles. The average Bonchev–Trinajstić information content (AvgIpc) is 2.88. The molecule has 3 rings (SSSR count). The quantitative estimate of drug-likeness (QED) is 0.405. The number of sulfonamides is 2. The lowest BCUT2D eigenvalue weighted by atomic mass is 10.3. The Morgan fingerprint density at radius 1 is 0.778 bits per heavy atom. The molecular weight excluding hydrogens is 502 g/mol. The van der Waals surface area contributed by atoms with E-state index in [-0.39, 0.29) is 15.5 Å². The first-order chi connectivity index (χ1) is 17.1. The van der Waals surface area contributed by atoms with Gasteiger partial charge in [-0.2, -0.15) is 4.31 Å². The molecule has 1 amide bonds. The normalized spacial score (nSPS) is 11.8. The van der Waals surface area contributed by atoms with Crippen LogP contribution in [0.5, 0.6) is 5.75 Å². The molecule has 0 saturated heterocycles. The van der Waals surface area contributed by atoms with Crippen molar-refractivity contribution in [2.24, 2.45) is 0 Å². The van der Waals surface area contributed by atoms with Gasteiger partial charge in [0, 0.05) is 18.8 Å². The Hall–Kier alpha value is -3.41. The van der Waals surface area contributed by atoms with Gasteiger partial charge in [0.2, 0.25) is 15.9 Å². The van der Waals surface area contributed by atoms with Crippen LogP contribution in [0.4, 0.5) is 11.4 Å². The summed E-state index contributed by atoms with van der Waals surface area (Å²) in [5.41, 5.74) is 0.626. The second-order valence-corrected chi connectivity index (χ2v) is 11.5. The lowest BCUT2D eigenvalue weighted by Gasteiger charge is -2.24. The van der Waals surface area contributed by atoms with Crippen LogP contribution >= 0.6 is 0 Å². The number of carbonyl (C=O) groups excluding carboxylic acids is 1. The molecular formula is C25H29N3O6S2. The highest BCUT2D eigenvalue weighted by Gasteiger charge is 2.27. The molecule has 0 bridgehead atoms. The van der Waals surface area contributed by atoms with Crippen molar-refractivity contribution in [1.29, 1.82) is 0 Å². The van der Waals surface area contributed by atoms with E-state index in [1.807, 2.05) is 0 Å². The van der Waals surface area contributed by atoms with Crippen molar-refractivity contribution in [3.05, 3.63) is 78.9 Å². The molecule has 0 unspecified atom stereocenters. The van der Waals surface area contributed by atoms with Crippen LogP contribution in [0.15, 0.2) is 88.7 Å². The van der Waals surface area contributed by atoms with Crippen molar-refractivity contribution in [3.8, 4) is 5.75 Å². The molecule has 0 saturated carbocycles. The number of amides is 1. The fourth-order valence-electron chi connectivity index (χ4n) is 3.54. The van der Waals surface area contributed by atoms with Crippen LogP contribution < -0.4 is 14.4 Å². The first kappa shape index (κ1) is 27.2. The van der Waals surface area contributed by atoms with Crippen LogP contribution in [0, 0.1) is 0 Å². The summed E-state index contributed by atoms with van der Waals surface area (Å²) in [7, 11) is -6.19. The Labute approximate surface area is 212 Å². The summed E-state index contributed by atoms with van der Waals surface area (Å²) >= 11 is 0. The zero-order valence-corrected chi connectivity index (χ0v) is 21.9. The SMILES string of the molecule is CCN(CC)S(=O)(=O)c1ccc(NC(=O)CN(c2ccc(OC)cc2)S(=O)(=O)c2ccccc2)cc1. The summed E-state index contributed by atoms with van der Waals surface area (Å²) in [4.78, 5) is 13.1. The fourth-order valence-corrected chi connectivity index (χ4v) is 6.44. The summed E-state index contributed by atoms with van der Waals surface area (Å²) in [6.45, 7) is 3.70. The van der Waals surface area contributed by atoms with Crippen LogP contribution in [0.2, 0.25) is 0 Å². The Balaban J connectivity index is 1.85. The molecule has 1 N–H and O–H groups in total. The zero-order chi connectivity index (χ0) is 26.3. The zero-order valence-electron chi connectivity index (χ0n) is 20.3. The van der Waals surface area contributed by atoms with Crippen molar-refractivity contribution in [1.82, 2.24) is 4.31 Å². The second-order valence-electron chi connectivity index (χ2n) is 7.68. The Bertz CT molecular complexity index is 1370. The Morgan fingerprint density at radius 3 is 1.86 bits per heavy atom. The van der Waals surface area contributed by atoms with Crippen molar-refractivity contribution in [2.75, 3.05) is 36.4 Å². The van der Waals surface area contributed by atoms with Gasteiger partial charge in [0.05, 0.1) is 22.6 Å². The third kappa shape index (κ3) is 6.04. The number of hydrogen-bond acceptors (Lipinski definition) is 6. The molecule has 0 radical (unpaired) electrons. The van der Waals surface area contributed by atoms with Crippen molar-refractivity contribution >= 4 is 37.3 Å². The van der Waals surface area contributed by atoms with Gasteiger partial charge in [0.15, 0.2) is 0 Å². The number of methoxy groups -OCH3 is 1. The molecule has 0 heterocycles. The number of carbonyl (C=O) groups is 1.